The van der Waals surface area contributed by atoms with E-state index in [2.05, 4.69) is 4.74 Å². The van der Waals surface area contributed by atoms with E-state index >= 15 is 0 Å². The summed E-state index contributed by atoms with van der Waals surface area (Å²) >= 11 is 0. The summed E-state index contributed by atoms with van der Waals surface area (Å²) in [5.41, 5.74) is -1.42. The molecule has 0 aliphatic rings. The minimum atomic E-state index is -1.43. The number of halogens is 3. The molecule has 1 N–H and O–H groups in total. The van der Waals surface area contributed by atoms with Crippen molar-refractivity contribution < 1.29 is 27.8 Å². The van der Waals surface area contributed by atoms with Gasteiger partial charge in [0.2, 0.25) is 5.82 Å². The van der Waals surface area contributed by atoms with Crippen molar-refractivity contribution in [3.8, 4) is 5.75 Å². The quantitative estimate of drug-likeness (QED) is 0.849. The van der Waals surface area contributed by atoms with Gasteiger partial charge < -0.3 is 9.84 Å². The normalized spacial score (nSPS) is 11.4. The fourth-order valence-corrected chi connectivity index (χ4v) is 1.73. The number of carboxylic acid groups (broad SMARTS) is 1. The number of methoxy groups -OCH3 is 1. The molecule has 6 heteroatoms. The van der Waals surface area contributed by atoms with E-state index in [0.29, 0.717) is 6.07 Å². The van der Waals surface area contributed by atoms with Crippen molar-refractivity contribution in [1.29, 1.82) is 0 Å². The van der Waals surface area contributed by atoms with Gasteiger partial charge in [-0.15, -0.1) is 0 Å². The van der Waals surface area contributed by atoms with Crippen LogP contribution in [0.15, 0.2) is 6.07 Å². The van der Waals surface area contributed by atoms with Gasteiger partial charge in [0.05, 0.1) is 13.5 Å². The van der Waals surface area contributed by atoms with Gasteiger partial charge in [-0.1, -0.05) is 13.8 Å². The average molecular weight is 262 g/mol. The number of carbonyl (C=O) groups is 1. The van der Waals surface area contributed by atoms with Crippen LogP contribution in [0.25, 0.3) is 0 Å². The Hall–Kier alpha value is -1.72. The Morgan fingerprint density at radius 3 is 2.33 bits per heavy atom. The summed E-state index contributed by atoms with van der Waals surface area (Å²) in [5, 5.41) is 8.73. The Morgan fingerprint density at radius 1 is 1.33 bits per heavy atom. The van der Waals surface area contributed by atoms with Crippen LogP contribution in [0.1, 0.15) is 25.8 Å². The Balaban J connectivity index is 3.42. The number of benzene rings is 1. The van der Waals surface area contributed by atoms with E-state index in [1.807, 2.05) is 0 Å². The SMILES string of the molecule is COc1c(F)c(F)cc(C(C)(C)CC(=O)O)c1F. The lowest BCUT2D eigenvalue weighted by molar-refractivity contribution is -0.138. The minimum Gasteiger partial charge on any atom is -0.491 e. The smallest absolute Gasteiger partial charge is 0.304 e. The average Bonchev–Trinajstić information content (AvgIpc) is 2.22. The van der Waals surface area contributed by atoms with E-state index in [4.69, 9.17) is 5.11 Å². The summed E-state index contributed by atoms with van der Waals surface area (Å²) in [7, 11) is 1.01. The van der Waals surface area contributed by atoms with E-state index < -0.39 is 41.0 Å². The van der Waals surface area contributed by atoms with Crippen molar-refractivity contribution in [2.45, 2.75) is 25.7 Å². The summed E-state index contributed by atoms with van der Waals surface area (Å²) in [4.78, 5) is 10.7. The van der Waals surface area contributed by atoms with Crippen molar-refractivity contribution in [1.82, 2.24) is 0 Å². The first kappa shape index (κ1) is 14.3. The van der Waals surface area contributed by atoms with Crippen LogP contribution >= 0.6 is 0 Å². The van der Waals surface area contributed by atoms with Gasteiger partial charge in [-0.3, -0.25) is 4.79 Å². The number of hydrogen-bond acceptors (Lipinski definition) is 2. The molecule has 0 aliphatic carbocycles. The Kier molecular flexibility index (Phi) is 3.88. The number of hydrogen-bond donors (Lipinski definition) is 1. The van der Waals surface area contributed by atoms with Gasteiger partial charge >= 0.3 is 5.97 Å². The van der Waals surface area contributed by atoms with Crippen LogP contribution in [-0.2, 0) is 10.2 Å². The standard InChI is InChI=1S/C12H13F3O3/c1-12(2,5-8(16)17)6-4-7(13)10(15)11(18-3)9(6)14/h4H,5H2,1-3H3,(H,16,17). The molecule has 0 saturated heterocycles. The topological polar surface area (TPSA) is 46.5 Å². The first-order valence-corrected chi connectivity index (χ1v) is 5.14. The molecule has 0 bridgehead atoms. The predicted molar refractivity (Wildman–Crippen MR) is 58.1 cm³/mol. The molecule has 0 amide bonds. The van der Waals surface area contributed by atoms with Crippen LogP contribution in [0, 0.1) is 17.5 Å². The summed E-state index contributed by atoms with van der Waals surface area (Å²) in [6.45, 7) is 2.85. The zero-order valence-electron chi connectivity index (χ0n) is 10.2. The van der Waals surface area contributed by atoms with Gasteiger partial charge in [-0.2, -0.15) is 4.39 Å². The van der Waals surface area contributed by atoms with Crippen molar-refractivity contribution in [2.24, 2.45) is 0 Å². The molecule has 3 nitrogen and oxygen atoms in total. The van der Waals surface area contributed by atoms with Crippen LogP contribution in [0.3, 0.4) is 0 Å². The molecule has 0 aromatic heterocycles. The zero-order valence-corrected chi connectivity index (χ0v) is 10.2. The largest absolute Gasteiger partial charge is 0.491 e. The van der Waals surface area contributed by atoms with E-state index in [1.165, 1.54) is 13.8 Å². The first-order chi connectivity index (χ1) is 8.20. The molecule has 0 unspecified atom stereocenters. The van der Waals surface area contributed by atoms with Gasteiger partial charge in [0.1, 0.15) is 0 Å². The second kappa shape index (κ2) is 4.88. The monoisotopic (exact) mass is 262 g/mol. The molecule has 0 saturated carbocycles. The maximum Gasteiger partial charge on any atom is 0.304 e. The fourth-order valence-electron chi connectivity index (χ4n) is 1.73. The predicted octanol–water partition coefficient (Wildman–Crippen LogP) is 2.86. The molecular weight excluding hydrogens is 249 g/mol. The molecule has 0 radical (unpaired) electrons. The van der Waals surface area contributed by atoms with Crippen LogP contribution in [0.2, 0.25) is 0 Å². The summed E-state index contributed by atoms with van der Waals surface area (Å²) < 4.78 is 44.9. The number of carboxylic acids is 1. The molecule has 1 aromatic carbocycles. The van der Waals surface area contributed by atoms with Crippen molar-refractivity contribution in [3.63, 3.8) is 0 Å². The lowest BCUT2D eigenvalue weighted by Gasteiger charge is -2.24. The molecular formula is C12H13F3O3. The van der Waals surface area contributed by atoms with Gasteiger partial charge in [-0.05, 0) is 6.07 Å². The third-order valence-electron chi connectivity index (χ3n) is 2.64. The highest BCUT2D eigenvalue weighted by atomic mass is 19.2. The van der Waals surface area contributed by atoms with Crippen LogP contribution in [-0.4, -0.2) is 18.2 Å². The van der Waals surface area contributed by atoms with Crippen LogP contribution < -0.4 is 4.74 Å². The lowest BCUT2D eigenvalue weighted by Crippen LogP contribution is -2.24. The van der Waals surface area contributed by atoms with Gasteiger partial charge in [0.15, 0.2) is 17.4 Å². The molecule has 0 heterocycles. The maximum absolute atomic E-state index is 13.9. The van der Waals surface area contributed by atoms with E-state index in [1.54, 1.807) is 0 Å². The van der Waals surface area contributed by atoms with Crippen molar-refractivity contribution in [3.05, 3.63) is 29.1 Å². The highest BCUT2D eigenvalue weighted by molar-refractivity contribution is 5.69. The first-order valence-electron chi connectivity index (χ1n) is 5.14. The molecule has 0 aliphatic heterocycles. The van der Waals surface area contributed by atoms with E-state index in [-0.39, 0.29) is 5.56 Å². The highest BCUT2D eigenvalue weighted by Gasteiger charge is 2.31. The van der Waals surface area contributed by atoms with E-state index in [0.717, 1.165) is 7.11 Å². The molecule has 0 atom stereocenters. The van der Waals surface area contributed by atoms with Gasteiger partial charge in [0, 0.05) is 11.0 Å². The number of rotatable bonds is 4. The Bertz CT molecular complexity index is 484. The maximum atomic E-state index is 13.9. The van der Waals surface area contributed by atoms with Crippen LogP contribution in [0.5, 0.6) is 5.75 Å². The molecule has 100 valence electrons. The zero-order chi connectivity index (χ0) is 14.1. The second-order valence-corrected chi connectivity index (χ2v) is 4.52. The Morgan fingerprint density at radius 2 is 1.89 bits per heavy atom. The van der Waals surface area contributed by atoms with Crippen molar-refractivity contribution in [2.75, 3.05) is 7.11 Å². The summed E-state index contributed by atoms with van der Waals surface area (Å²) in [6, 6.07) is 0.663. The van der Waals surface area contributed by atoms with Gasteiger partial charge in [0.25, 0.3) is 0 Å². The fraction of sp³-hybridized carbons (Fsp3) is 0.417. The van der Waals surface area contributed by atoms with Crippen molar-refractivity contribution >= 4 is 5.97 Å². The highest BCUT2D eigenvalue weighted by Crippen LogP contribution is 2.35. The lowest BCUT2D eigenvalue weighted by atomic mass is 9.81. The molecule has 0 fully saturated rings. The molecule has 1 rings (SSSR count). The number of aliphatic carboxylic acids is 1. The molecule has 1 aromatic rings. The molecule has 18 heavy (non-hydrogen) atoms. The third kappa shape index (κ3) is 2.57. The Labute approximate surface area is 102 Å². The van der Waals surface area contributed by atoms with Gasteiger partial charge in [-0.25, -0.2) is 8.78 Å². The summed E-state index contributed by atoms with van der Waals surface area (Å²) in [5.74, 6) is -5.79. The third-order valence-corrected chi connectivity index (χ3v) is 2.64. The minimum absolute atomic E-state index is 0.236. The van der Waals surface area contributed by atoms with Crippen LogP contribution in [0.4, 0.5) is 13.2 Å². The van der Waals surface area contributed by atoms with E-state index in [9.17, 15) is 18.0 Å². The summed E-state index contributed by atoms with van der Waals surface area (Å²) in [6.07, 6.45) is -0.419. The second-order valence-electron chi connectivity index (χ2n) is 4.52. The molecule has 0 spiro atoms. The number of ether oxygens (including phenoxy) is 1.